The lowest BCUT2D eigenvalue weighted by atomic mass is 9.98. The number of piperidine rings is 1. The molecule has 0 N–H and O–H groups in total. The Morgan fingerprint density at radius 3 is 2.53 bits per heavy atom. The number of carbonyl (C=O) groups excluding carboxylic acids is 1. The van der Waals surface area contributed by atoms with E-state index in [1.54, 1.807) is 24.1 Å². The Balaban J connectivity index is 1.77. The molecule has 162 valence electrons. The average Bonchev–Trinajstić information content (AvgIpc) is 2.78. The van der Waals surface area contributed by atoms with Gasteiger partial charge in [-0.1, -0.05) is 30.3 Å². The molecule has 8 heteroatoms. The molecule has 1 saturated heterocycles. The highest BCUT2D eigenvalue weighted by Crippen LogP contribution is 2.33. The number of sulfonamides is 1. The lowest BCUT2D eigenvalue weighted by molar-refractivity contribution is -0.135. The Bertz CT molecular complexity index is 978. The van der Waals surface area contributed by atoms with Crippen LogP contribution in [-0.4, -0.2) is 57.9 Å². The van der Waals surface area contributed by atoms with E-state index in [2.05, 4.69) is 0 Å². The molecule has 3 rings (SSSR count). The van der Waals surface area contributed by atoms with E-state index in [0.29, 0.717) is 31.7 Å². The maximum atomic E-state index is 13.3. The van der Waals surface area contributed by atoms with E-state index in [-0.39, 0.29) is 29.0 Å². The van der Waals surface area contributed by atoms with Gasteiger partial charge in [-0.25, -0.2) is 8.42 Å². The van der Waals surface area contributed by atoms with E-state index in [4.69, 9.17) is 9.47 Å². The van der Waals surface area contributed by atoms with Gasteiger partial charge in [-0.15, -0.1) is 0 Å². The minimum absolute atomic E-state index is 0.0450. The fraction of sp³-hybridized carbons (Fsp3) is 0.409. The molecule has 30 heavy (non-hydrogen) atoms. The third-order valence-electron chi connectivity index (χ3n) is 5.36. The maximum absolute atomic E-state index is 13.3. The van der Waals surface area contributed by atoms with Gasteiger partial charge in [0.2, 0.25) is 15.9 Å². The first-order valence-electron chi connectivity index (χ1n) is 9.88. The summed E-state index contributed by atoms with van der Waals surface area (Å²) in [5.74, 6) is 0.266. The van der Waals surface area contributed by atoms with Crippen molar-refractivity contribution in [2.45, 2.75) is 24.3 Å². The molecule has 2 aromatic rings. The van der Waals surface area contributed by atoms with Gasteiger partial charge >= 0.3 is 0 Å². The highest BCUT2D eigenvalue weighted by molar-refractivity contribution is 7.89. The second kappa shape index (κ2) is 9.49. The van der Waals surface area contributed by atoms with Gasteiger partial charge in [0, 0.05) is 32.7 Å². The zero-order valence-corrected chi connectivity index (χ0v) is 18.4. The van der Waals surface area contributed by atoms with Crippen LogP contribution in [0.5, 0.6) is 11.5 Å². The highest BCUT2D eigenvalue weighted by Gasteiger charge is 2.36. The molecule has 1 aliphatic heterocycles. The van der Waals surface area contributed by atoms with Crippen LogP contribution in [0.3, 0.4) is 0 Å². The SMILES string of the molecule is COc1ccc(OC)c(S(=O)(=O)N2CCC[C@H](C(=O)N(C)Cc3ccccc3)C2)c1. The highest BCUT2D eigenvalue weighted by atomic mass is 32.2. The Morgan fingerprint density at radius 1 is 1.13 bits per heavy atom. The van der Waals surface area contributed by atoms with Crippen molar-refractivity contribution in [3.63, 3.8) is 0 Å². The third-order valence-corrected chi connectivity index (χ3v) is 7.25. The molecule has 1 heterocycles. The van der Waals surface area contributed by atoms with E-state index in [0.717, 1.165) is 5.56 Å². The van der Waals surface area contributed by atoms with E-state index in [9.17, 15) is 13.2 Å². The quantitative estimate of drug-likeness (QED) is 0.673. The molecule has 1 fully saturated rings. The van der Waals surface area contributed by atoms with Gasteiger partial charge in [-0.3, -0.25) is 4.79 Å². The Labute approximate surface area is 178 Å². The van der Waals surface area contributed by atoms with Crippen LogP contribution in [0, 0.1) is 5.92 Å². The monoisotopic (exact) mass is 432 g/mol. The first-order chi connectivity index (χ1) is 14.4. The normalized spacial score (nSPS) is 17.4. The number of carbonyl (C=O) groups is 1. The predicted molar refractivity (Wildman–Crippen MR) is 114 cm³/mol. The number of benzene rings is 2. The minimum atomic E-state index is -3.83. The van der Waals surface area contributed by atoms with Crippen LogP contribution in [0.15, 0.2) is 53.4 Å². The summed E-state index contributed by atoms with van der Waals surface area (Å²) < 4.78 is 38.5. The number of hydrogen-bond donors (Lipinski definition) is 0. The van der Waals surface area contributed by atoms with E-state index in [1.807, 2.05) is 30.3 Å². The van der Waals surface area contributed by atoms with Gasteiger partial charge in [0.05, 0.1) is 20.1 Å². The Kier molecular flexibility index (Phi) is 6.99. The minimum Gasteiger partial charge on any atom is -0.497 e. The van der Waals surface area contributed by atoms with Gasteiger partial charge in [0.25, 0.3) is 0 Å². The van der Waals surface area contributed by atoms with Gasteiger partial charge < -0.3 is 14.4 Å². The Morgan fingerprint density at radius 2 is 1.87 bits per heavy atom. The van der Waals surface area contributed by atoms with Crippen molar-refractivity contribution >= 4 is 15.9 Å². The number of amides is 1. The number of ether oxygens (including phenoxy) is 2. The summed E-state index contributed by atoms with van der Waals surface area (Å²) in [5, 5.41) is 0. The van der Waals surface area contributed by atoms with Crippen molar-refractivity contribution in [3.8, 4) is 11.5 Å². The molecule has 0 aromatic heterocycles. The predicted octanol–water partition coefficient (Wildman–Crippen LogP) is 2.76. The molecular weight excluding hydrogens is 404 g/mol. The number of methoxy groups -OCH3 is 2. The van der Waals surface area contributed by atoms with Gasteiger partial charge in [0.15, 0.2) is 0 Å². The fourth-order valence-corrected chi connectivity index (χ4v) is 5.43. The largest absolute Gasteiger partial charge is 0.497 e. The van der Waals surface area contributed by atoms with Crippen LogP contribution in [-0.2, 0) is 21.4 Å². The zero-order chi connectivity index (χ0) is 21.7. The lowest BCUT2D eigenvalue weighted by Crippen LogP contribution is -2.45. The summed E-state index contributed by atoms with van der Waals surface area (Å²) in [6.07, 6.45) is 1.29. The molecule has 1 aliphatic rings. The third kappa shape index (κ3) is 4.76. The standard InChI is InChI=1S/C22H28N2O5S/c1-23(15-17-8-5-4-6-9-17)22(25)18-10-7-13-24(16-18)30(26,27)21-14-19(28-2)11-12-20(21)29-3/h4-6,8-9,11-12,14,18H,7,10,13,15-16H2,1-3H3/t18-/m0/s1. The smallest absolute Gasteiger partial charge is 0.246 e. The molecule has 1 amide bonds. The first-order valence-corrected chi connectivity index (χ1v) is 11.3. The van der Waals surface area contributed by atoms with Crippen molar-refractivity contribution in [1.29, 1.82) is 0 Å². The molecule has 0 spiro atoms. The summed E-state index contributed by atoms with van der Waals surface area (Å²) in [4.78, 5) is 14.7. The molecular formula is C22H28N2O5S. The Hall–Kier alpha value is -2.58. The second-order valence-electron chi connectivity index (χ2n) is 7.40. The van der Waals surface area contributed by atoms with Crippen molar-refractivity contribution in [2.75, 3.05) is 34.4 Å². The van der Waals surface area contributed by atoms with Gasteiger partial charge in [0.1, 0.15) is 16.4 Å². The van der Waals surface area contributed by atoms with Crippen LogP contribution in [0.2, 0.25) is 0 Å². The van der Waals surface area contributed by atoms with Crippen molar-refractivity contribution in [3.05, 3.63) is 54.1 Å². The zero-order valence-electron chi connectivity index (χ0n) is 17.6. The van der Waals surface area contributed by atoms with E-state index in [1.165, 1.54) is 24.6 Å². The van der Waals surface area contributed by atoms with E-state index < -0.39 is 10.0 Å². The van der Waals surface area contributed by atoms with Gasteiger partial charge in [-0.2, -0.15) is 4.31 Å². The molecule has 0 radical (unpaired) electrons. The molecule has 2 aromatic carbocycles. The van der Waals surface area contributed by atoms with Crippen LogP contribution in [0.4, 0.5) is 0 Å². The topological polar surface area (TPSA) is 76.1 Å². The fourth-order valence-electron chi connectivity index (χ4n) is 3.73. The molecule has 1 atom stereocenters. The van der Waals surface area contributed by atoms with Crippen molar-refractivity contribution in [1.82, 2.24) is 9.21 Å². The molecule has 7 nitrogen and oxygen atoms in total. The van der Waals surface area contributed by atoms with Crippen LogP contribution in [0.25, 0.3) is 0 Å². The summed E-state index contributed by atoms with van der Waals surface area (Å²) in [7, 11) is 0.842. The second-order valence-corrected chi connectivity index (χ2v) is 9.31. The number of hydrogen-bond acceptors (Lipinski definition) is 5. The van der Waals surface area contributed by atoms with E-state index >= 15 is 0 Å². The van der Waals surface area contributed by atoms with Crippen LogP contribution in [0.1, 0.15) is 18.4 Å². The van der Waals surface area contributed by atoms with Crippen LogP contribution < -0.4 is 9.47 Å². The summed E-state index contributed by atoms with van der Waals surface area (Å²) in [5.41, 5.74) is 1.04. The van der Waals surface area contributed by atoms with Gasteiger partial charge in [-0.05, 0) is 30.5 Å². The summed E-state index contributed by atoms with van der Waals surface area (Å²) >= 11 is 0. The molecule has 0 bridgehead atoms. The van der Waals surface area contributed by atoms with Crippen molar-refractivity contribution < 1.29 is 22.7 Å². The maximum Gasteiger partial charge on any atom is 0.246 e. The lowest BCUT2D eigenvalue weighted by Gasteiger charge is -2.33. The van der Waals surface area contributed by atoms with Crippen molar-refractivity contribution in [2.24, 2.45) is 5.92 Å². The average molecular weight is 433 g/mol. The molecule has 0 saturated carbocycles. The number of rotatable bonds is 7. The van der Waals surface area contributed by atoms with Crippen LogP contribution >= 0.6 is 0 Å². The molecule has 0 aliphatic carbocycles. The number of nitrogens with zero attached hydrogens (tertiary/aromatic N) is 2. The summed E-state index contributed by atoms with van der Waals surface area (Å²) in [6.45, 7) is 1.02. The first kappa shape index (κ1) is 22.1. The summed E-state index contributed by atoms with van der Waals surface area (Å²) in [6, 6.07) is 14.4. The molecule has 0 unspecified atom stereocenters.